The van der Waals surface area contributed by atoms with Gasteiger partial charge in [-0.3, -0.25) is 4.90 Å². The predicted molar refractivity (Wildman–Crippen MR) is 87.8 cm³/mol. The Morgan fingerprint density at radius 3 is 3.00 bits per heavy atom. The van der Waals surface area contributed by atoms with Crippen LogP contribution in [-0.2, 0) is 19.4 Å². The van der Waals surface area contributed by atoms with E-state index in [2.05, 4.69) is 11.0 Å². The summed E-state index contributed by atoms with van der Waals surface area (Å²) >= 11 is 0. The molecule has 1 atom stereocenters. The van der Waals surface area contributed by atoms with Crippen molar-refractivity contribution in [1.29, 1.82) is 0 Å². The number of nitrogens with zero attached hydrogens (tertiary/aromatic N) is 1. The Morgan fingerprint density at radius 1 is 1.21 bits per heavy atom. The molecule has 1 N–H and O–H groups in total. The highest BCUT2D eigenvalue weighted by Crippen LogP contribution is 2.46. The maximum Gasteiger partial charge on any atom is 0.231 e. The van der Waals surface area contributed by atoms with Crippen molar-refractivity contribution in [1.82, 2.24) is 4.90 Å². The highest BCUT2D eigenvalue weighted by molar-refractivity contribution is 5.55. The molecule has 124 valence electrons. The average molecular weight is 325 g/mol. The van der Waals surface area contributed by atoms with Gasteiger partial charge in [0.2, 0.25) is 6.79 Å². The van der Waals surface area contributed by atoms with Crippen molar-refractivity contribution in [2.75, 3.05) is 20.4 Å². The smallest absolute Gasteiger partial charge is 0.231 e. The first-order chi connectivity index (χ1) is 11.7. The Kier molecular flexibility index (Phi) is 2.94. The van der Waals surface area contributed by atoms with Crippen LogP contribution in [0.1, 0.15) is 28.3 Å². The summed E-state index contributed by atoms with van der Waals surface area (Å²) < 4.78 is 16.5. The van der Waals surface area contributed by atoms with Crippen LogP contribution >= 0.6 is 0 Å². The number of hydrogen-bond donors (Lipinski definition) is 1. The first kappa shape index (κ1) is 14.0. The molecule has 2 aromatic rings. The van der Waals surface area contributed by atoms with Crippen molar-refractivity contribution < 1.29 is 19.3 Å². The third kappa shape index (κ3) is 1.91. The van der Waals surface area contributed by atoms with E-state index in [-0.39, 0.29) is 5.75 Å². The van der Waals surface area contributed by atoms with Crippen LogP contribution in [0.25, 0.3) is 0 Å². The third-order valence-corrected chi connectivity index (χ3v) is 5.42. The van der Waals surface area contributed by atoms with Gasteiger partial charge in [0.1, 0.15) is 0 Å². The van der Waals surface area contributed by atoms with Gasteiger partial charge in [0.25, 0.3) is 0 Å². The average Bonchev–Trinajstić information content (AvgIpc) is 3.08. The predicted octanol–water partition coefficient (Wildman–Crippen LogP) is 2.79. The molecule has 0 aromatic heterocycles. The van der Waals surface area contributed by atoms with Crippen molar-refractivity contribution in [3.63, 3.8) is 0 Å². The third-order valence-electron chi connectivity index (χ3n) is 5.42. The lowest BCUT2D eigenvalue weighted by atomic mass is 9.83. The van der Waals surface area contributed by atoms with E-state index in [9.17, 15) is 5.11 Å². The molecule has 0 fully saturated rings. The first-order valence-corrected chi connectivity index (χ1v) is 8.29. The molecular weight excluding hydrogens is 306 g/mol. The SMILES string of the molecule is COc1cc2c(cc1O)CCN1Cc3c(ccc4c3OCO4)C[C@H]21. The molecule has 24 heavy (non-hydrogen) atoms. The van der Waals surface area contributed by atoms with Crippen molar-refractivity contribution in [2.24, 2.45) is 0 Å². The van der Waals surface area contributed by atoms with Gasteiger partial charge in [-0.05, 0) is 47.7 Å². The van der Waals surface area contributed by atoms with Gasteiger partial charge < -0.3 is 19.3 Å². The minimum Gasteiger partial charge on any atom is -0.504 e. The molecule has 3 aliphatic heterocycles. The molecule has 0 bridgehead atoms. The lowest BCUT2D eigenvalue weighted by molar-refractivity contribution is 0.151. The summed E-state index contributed by atoms with van der Waals surface area (Å²) in [7, 11) is 1.60. The molecule has 5 heteroatoms. The maximum absolute atomic E-state index is 10.1. The van der Waals surface area contributed by atoms with Gasteiger partial charge in [0.15, 0.2) is 23.0 Å². The zero-order valence-corrected chi connectivity index (χ0v) is 13.5. The van der Waals surface area contributed by atoms with Crippen LogP contribution in [0.5, 0.6) is 23.0 Å². The summed E-state index contributed by atoms with van der Waals surface area (Å²) in [4.78, 5) is 2.49. The lowest BCUT2D eigenvalue weighted by Gasteiger charge is -2.41. The van der Waals surface area contributed by atoms with Crippen LogP contribution in [0.4, 0.5) is 0 Å². The number of methoxy groups -OCH3 is 1. The van der Waals surface area contributed by atoms with Gasteiger partial charge in [0.05, 0.1) is 7.11 Å². The zero-order valence-electron chi connectivity index (χ0n) is 13.5. The van der Waals surface area contributed by atoms with Crippen LogP contribution in [0, 0.1) is 0 Å². The summed E-state index contributed by atoms with van der Waals surface area (Å²) in [6.07, 6.45) is 1.87. The summed E-state index contributed by atoms with van der Waals surface area (Å²) in [5.74, 6) is 2.55. The molecular formula is C19H19NO4. The van der Waals surface area contributed by atoms with E-state index in [1.54, 1.807) is 7.11 Å². The van der Waals surface area contributed by atoms with Crippen LogP contribution < -0.4 is 14.2 Å². The molecule has 0 spiro atoms. The number of aromatic hydroxyl groups is 1. The zero-order chi connectivity index (χ0) is 16.3. The second-order valence-electron chi connectivity index (χ2n) is 6.60. The van der Waals surface area contributed by atoms with Gasteiger partial charge in [0, 0.05) is 24.7 Å². The minimum atomic E-state index is 0.226. The summed E-state index contributed by atoms with van der Waals surface area (Å²) in [6, 6.07) is 8.35. The van der Waals surface area contributed by atoms with Crippen molar-refractivity contribution in [3.05, 3.63) is 46.5 Å². The minimum absolute atomic E-state index is 0.226. The van der Waals surface area contributed by atoms with Crippen LogP contribution in [0.2, 0.25) is 0 Å². The Hall–Kier alpha value is -2.40. The van der Waals surface area contributed by atoms with E-state index >= 15 is 0 Å². The second kappa shape index (κ2) is 5.05. The number of ether oxygens (including phenoxy) is 3. The van der Waals surface area contributed by atoms with E-state index in [1.165, 1.54) is 22.3 Å². The van der Waals surface area contributed by atoms with E-state index in [0.29, 0.717) is 18.6 Å². The van der Waals surface area contributed by atoms with Crippen molar-refractivity contribution >= 4 is 0 Å². The molecule has 0 saturated heterocycles. The highest BCUT2D eigenvalue weighted by atomic mass is 16.7. The number of benzene rings is 2. The van der Waals surface area contributed by atoms with Crippen molar-refractivity contribution in [2.45, 2.75) is 25.4 Å². The monoisotopic (exact) mass is 325 g/mol. The number of phenols is 1. The first-order valence-electron chi connectivity index (χ1n) is 8.29. The fourth-order valence-corrected chi connectivity index (χ4v) is 4.21. The van der Waals surface area contributed by atoms with Gasteiger partial charge >= 0.3 is 0 Å². The molecule has 0 aliphatic carbocycles. The molecule has 0 unspecified atom stereocenters. The lowest BCUT2D eigenvalue weighted by Crippen LogP contribution is -2.39. The Labute approximate surface area is 140 Å². The van der Waals surface area contributed by atoms with Gasteiger partial charge in [-0.25, -0.2) is 0 Å². The number of fused-ring (bicyclic) bond motifs is 6. The normalized spacial score (nSPS) is 21.0. The summed E-state index contributed by atoms with van der Waals surface area (Å²) in [6.45, 7) is 2.16. The van der Waals surface area contributed by atoms with Crippen molar-refractivity contribution in [3.8, 4) is 23.0 Å². The summed E-state index contributed by atoms with van der Waals surface area (Å²) in [5.41, 5.74) is 5.06. The fourth-order valence-electron chi connectivity index (χ4n) is 4.21. The maximum atomic E-state index is 10.1. The molecule has 2 aromatic carbocycles. The van der Waals surface area contributed by atoms with Gasteiger partial charge in [-0.15, -0.1) is 0 Å². The molecule has 3 aliphatic rings. The number of rotatable bonds is 1. The molecule has 0 saturated carbocycles. The van der Waals surface area contributed by atoms with E-state index in [0.717, 1.165) is 37.4 Å². The van der Waals surface area contributed by atoms with E-state index < -0.39 is 0 Å². The topological polar surface area (TPSA) is 51.2 Å². The van der Waals surface area contributed by atoms with E-state index in [4.69, 9.17) is 14.2 Å². The number of hydrogen-bond acceptors (Lipinski definition) is 5. The quantitative estimate of drug-likeness (QED) is 0.874. The Balaban J connectivity index is 1.58. The molecule has 0 amide bonds. The Bertz CT molecular complexity index is 833. The number of phenolic OH excluding ortho intramolecular Hbond substituents is 1. The molecule has 5 nitrogen and oxygen atoms in total. The van der Waals surface area contributed by atoms with Crippen LogP contribution in [-0.4, -0.2) is 30.5 Å². The second-order valence-corrected chi connectivity index (χ2v) is 6.60. The standard InChI is InChI=1S/C19H19NO4/c1-22-18-8-13-12(7-16(18)21)4-5-20-9-14-11(6-15(13)20)2-3-17-19(14)24-10-23-17/h2-3,7-8,15,21H,4-6,9-10H2,1H3/t15-/m1/s1. The van der Waals surface area contributed by atoms with Crippen LogP contribution in [0.15, 0.2) is 24.3 Å². The largest absolute Gasteiger partial charge is 0.504 e. The molecule has 5 rings (SSSR count). The molecule has 3 heterocycles. The van der Waals surface area contributed by atoms with Crippen LogP contribution in [0.3, 0.4) is 0 Å². The van der Waals surface area contributed by atoms with Gasteiger partial charge in [-0.1, -0.05) is 6.07 Å². The fraction of sp³-hybridized carbons (Fsp3) is 0.368. The highest BCUT2D eigenvalue weighted by Gasteiger charge is 2.35. The van der Waals surface area contributed by atoms with E-state index in [1.807, 2.05) is 18.2 Å². The van der Waals surface area contributed by atoms with Gasteiger partial charge in [-0.2, -0.15) is 0 Å². The Morgan fingerprint density at radius 2 is 2.12 bits per heavy atom. The summed E-state index contributed by atoms with van der Waals surface area (Å²) in [5, 5.41) is 10.1. The molecule has 0 radical (unpaired) electrons.